The van der Waals surface area contributed by atoms with Crippen LogP contribution in [0, 0.1) is 5.82 Å². The molecule has 0 saturated carbocycles. The van der Waals surface area contributed by atoms with Gasteiger partial charge in [-0.3, -0.25) is 9.78 Å². The molecule has 3 heteroatoms. The molecule has 0 bridgehead atoms. The summed E-state index contributed by atoms with van der Waals surface area (Å²) in [5.41, 5.74) is 2.92. The van der Waals surface area contributed by atoms with E-state index in [4.69, 9.17) is 0 Å². The van der Waals surface area contributed by atoms with Crippen molar-refractivity contribution in [1.82, 2.24) is 4.98 Å². The van der Waals surface area contributed by atoms with E-state index in [2.05, 4.69) is 4.98 Å². The van der Waals surface area contributed by atoms with Crippen LogP contribution in [0.4, 0.5) is 4.39 Å². The zero-order valence-corrected chi connectivity index (χ0v) is 9.48. The summed E-state index contributed by atoms with van der Waals surface area (Å²) in [6, 6.07) is 7.04. The fraction of sp³-hybridized carbons (Fsp3) is 0.143. The molecule has 0 spiro atoms. The fourth-order valence-corrected chi connectivity index (χ4v) is 1.81. The second kappa shape index (κ2) is 4.87. The van der Waals surface area contributed by atoms with Gasteiger partial charge in [0.05, 0.1) is 6.20 Å². The van der Waals surface area contributed by atoms with Crippen molar-refractivity contribution in [3.63, 3.8) is 0 Å². The van der Waals surface area contributed by atoms with Crippen molar-refractivity contribution in [2.45, 2.75) is 13.3 Å². The van der Waals surface area contributed by atoms with Gasteiger partial charge in [0.2, 0.25) is 0 Å². The Morgan fingerprint density at radius 3 is 2.53 bits per heavy atom. The van der Waals surface area contributed by atoms with Crippen LogP contribution in [-0.2, 0) is 6.42 Å². The summed E-state index contributed by atoms with van der Waals surface area (Å²) in [4.78, 5) is 14.4. The van der Waals surface area contributed by atoms with Gasteiger partial charge in [0.1, 0.15) is 12.1 Å². The van der Waals surface area contributed by atoms with Crippen molar-refractivity contribution < 1.29 is 9.18 Å². The van der Waals surface area contributed by atoms with E-state index in [0.717, 1.165) is 17.4 Å². The molecule has 2 rings (SSSR count). The first kappa shape index (κ1) is 11.5. The van der Waals surface area contributed by atoms with Gasteiger partial charge in [-0.15, -0.1) is 0 Å². The van der Waals surface area contributed by atoms with Gasteiger partial charge in [0.15, 0.2) is 0 Å². The quantitative estimate of drug-likeness (QED) is 0.756. The minimum Gasteiger partial charge on any atom is -0.298 e. The van der Waals surface area contributed by atoms with E-state index in [1.54, 1.807) is 30.5 Å². The predicted molar refractivity (Wildman–Crippen MR) is 64.4 cm³/mol. The molecule has 0 fully saturated rings. The average molecular weight is 229 g/mol. The van der Waals surface area contributed by atoms with Crippen molar-refractivity contribution in [2.24, 2.45) is 0 Å². The van der Waals surface area contributed by atoms with Crippen LogP contribution < -0.4 is 0 Å². The largest absolute Gasteiger partial charge is 0.298 e. The van der Waals surface area contributed by atoms with Crippen LogP contribution in [0.5, 0.6) is 0 Å². The van der Waals surface area contributed by atoms with Crippen LogP contribution in [0.25, 0.3) is 11.1 Å². The Morgan fingerprint density at radius 1 is 1.24 bits per heavy atom. The minimum atomic E-state index is -0.288. The van der Waals surface area contributed by atoms with Gasteiger partial charge in [-0.2, -0.15) is 0 Å². The van der Waals surface area contributed by atoms with Crippen LogP contribution in [0.1, 0.15) is 22.8 Å². The number of pyridine rings is 1. The highest BCUT2D eigenvalue weighted by Crippen LogP contribution is 2.25. The zero-order chi connectivity index (χ0) is 12.3. The second-order valence-corrected chi connectivity index (χ2v) is 3.74. The molecule has 1 aromatic heterocycles. The number of hydrogen-bond acceptors (Lipinski definition) is 2. The molecule has 0 aliphatic carbocycles. The summed E-state index contributed by atoms with van der Waals surface area (Å²) >= 11 is 0. The monoisotopic (exact) mass is 229 g/mol. The molecule has 0 aliphatic heterocycles. The lowest BCUT2D eigenvalue weighted by atomic mass is 9.99. The number of hydrogen-bond donors (Lipinski definition) is 0. The van der Waals surface area contributed by atoms with Crippen molar-refractivity contribution in [3.8, 4) is 11.1 Å². The van der Waals surface area contributed by atoms with Crippen LogP contribution in [0.15, 0.2) is 36.7 Å². The van der Waals surface area contributed by atoms with E-state index < -0.39 is 0 Å². The Hall–Kier alpha value is -2.03. The molecule has 2 aromatic rings. The molecule has 0 radical (unpaired) electrons. The number of nitrogens with zero attached hydrogens (tertiary/aromatic N) is 1. The first-order chi connectivity index (χ1) is 8.26. The van der Waals surface area contributed by atoms with Crippen molar-refractivity contribution >= 4 is 6.29 Å². The van der Waals surface area contributed by atoms with E-state index in [1.165, 1.54) is 6.20 Å². The molecule has 0 aliphatic rings. The van der Waals surface area contributed by atoms with Gasteiger partial charge < -0.3 is 0 Å². The highest BCUT2D eigenvalue weighted by molar-refractivity contribution is 5.77. The van der Waals surface area contributed by atoms with Crippen LogP contribution in [-0.4, -0.2) is 11.3 Å². The molecule has 0 saturated heterocycles. The maximum absolute atomic E-state index is 13.6. The van der Waals surface area contributed by atoms with Gasteiger partial charge in [0, 0.05) is 17.3 Å². The molecule has 86 valence electrons. The van der Waals surface area contributed by atoms with Crippen LogP contribution in [0.3, 0.4) is 0 Å². The Kier molecular flexibility index (Phi) is 3.28. The van der Waals surface area contributed by atoms with E-state index in [9.17, 15) is 9.18 Å². The summed E-state index contributed by atoms with van der Waals surface area (Å²) in [6.45, 7) is 1.90. The van der Waals surface area contributed by atoms with E-state index in [0.29, 0.717) is 17.5 Å². The first-order valence-electron chi connectivity index (χ1n) is 5.44. The third-order valence-electron chi connectivity index (χ3n) is 2.72. The predicted octanol–water partition coefficient (Wildman–Crippen LogP) is 3.26. The molecule has 0 atom stereocenters. The summed E-state index contributed by atoms with van der Waals surface area (Å²) in [5.74, 6) is -0.288. The van der Waals surface area contributed by atoms with Gasteiger partial charge >= 0.3 is 0 Å². The Balaban J connectivity index is 2.52. The number of aromatic nitrogens is 1. The van der Waals surface area contributed by atoms with Crippen LogP contribution in [0.2, 0.25) is 0 Å². The van der Waals surface area contributed by atoms with Crippen molar-refractivity contribution in [3.05, 3.63) is 53.6 Å². The fourth-order valence-electron chi connectivity index (χ4n) is 1.81. The molecule has 0 unspecified atom stereocenters. The third-order valence-corrected chi connectivity index (χ3v) is 2.72. The first-order valence-corrected chi connectivity index (χ1v) is 5.44. The molecule has 0 N–H and O–H groups in total. The molecular weight excluding hydrogens is 217 g/mol. The molecule has 2 nitrogen and oxygen atoms in total. The number of carbonyl (C=O) groups is 1. The molecular formula is C14H12FNO. The summed E-state index contributed by atoms with van der Waals surface area (Å²) in [6.07, 6.45) is 4.27. The summed E-state index contributed by atoms with van der Waals surface area (Å²) in [5, 5.41) is 0. The lowest BCUT2D eigenvalue weighted by Crippen LogP contribution is -1.94. The highest BCUT2D eigenvalue weighted by Gasteiger charge is 2.08. The number of benzene rings is 1. The maximum Gasteiger partial charge on any atom is 0.150 e. The zero-order valence-electron chi connectivity index (χ0n) is 9.48. The lowest BCUT2D eigenvalue weighted by molar-refractivity contribution is 0.112. The second-order valence-electron chi connectivity index (χ2n) is 3.74. The SMILES string of the molecule is CCc1c(F)cncc1-c1ccc(C=O)cc1. The Bertz CT molecular complexity index is 534. The lowest BCUT2D eigenvalue weighted by Gasteiger charge is -2.08. The number of rotatable bonds is 3. The summed E-state index contributed by atoms with van der Waals surface area (Å²) < 4.78 is 13.6. The minimum absolute atomic E-state index is 0.288. The Morgan fingerprint density at radius 2 is 1.94 bits per heavy atom. The van der Waals surface area contributed by atoms with Gasteiger partial charge in [0.25, 0.3) is 0 Å². The Labute approximate surface area is 99.1 Å². The van der Waals surface area contributed by atoms with Crippen LogP contribution >= 0.6 is 0 Å². The molecule has 17 heavy (non-hydrogen) atoms. The van der Waals surface area contributed by atoms with Crippen molar-refractivity contribution in [2.75, 3.05) is 0 Å². The highest BCUT2D eigenvalue weighted by atomic mass is 19.1. The normalized spacial score (nSPS) is 10.2. The molecule has 1 heterocycles. The van der Waals surface area contributed by atoms with Gasteiger partial charge in [-0.1, -0.05) is 31.2 Å². The van der Waals surface area contributed by atoms with Crippen molar-refractivity contribution in [1.29, 1.82) is 0 Å². The number of halogens is 1. The number of aldehydes is 1. The van der Waals surface area contributed by atoms with E-state index in [-0.39, 0.29) is 5.82 Å². The smallest absolute Gasteiger partial charge is 0.150 e. The standard InChI is InChI=1S/C14H12FNO/c1-2-12-13(7-16-8-14(12)15)11-5-3-10(9-17)4-6-11/h3-9H,2H2,1H3. The van der Waals surface area contributed by atoms with Gasteiger partial charge in [-0.05, 0) is 17.5 Å². The summed E-state index contributed by atoms with van der Waals surface area (Å²) in [7, 11) is 0. The van der Waals surface area contributed by atoms with E-state index >= 15 is 0 Å². The van der Waals surface area contributed by atoms with E-state index in [1.807, 2.05) is 6.92 Å². The third kappa shape index (κ3) is 2.23. The topological polar surface area (TPSA) is 30.0 Å². The molecule has 1 aromatic carbocycles. The average Bonchev–Trinajstić information content (AvgIpc) is 2.38. The maximum atomic E-state index is 13.6. The number of carbonyl (C=O) groups excluding carboxylic acids is 1. The molecule has 0 amide bonds. The van der Waals surface area contributed by atoms with Gasteiger partial charge in [-0.25, -0.2) is 4.39 Å².